The number of carbonyl (C=O) groups excluding carboxylic acids is 1. The summed E-state index contributed by atoms with van der Waals surface area (Å²) in [4.78, 5) is 16.9. The van der Waals surface area contributed by atoms with Crippen LogP contribution < -0.4 is 15.8 Å². The fourth-order valence-electron chi connectivity index (χ4n) is 3.54. The molecule has 148 valence electrons. The second-order valence-electron chi connectivity index (χ2n) is 6.94. The Labute approximate surface area is 172 Å². The average molecular weight is 412 g/mol. The summed E-state index contributed by atoms with van der Waals surface area (Å²) in [6.07, 6.45) is 2.29. The van der Waals surface area contributed by atoms with Crippen molar-refractivity contribution in [2.75, 3.05) is 12.3 Å². The molecule has 1 aromatic heterocycles. The average Bonchev–Trinajstić information content (AvgIpc) is 2.68. The van der Waals surface area contributed by atoms with E-state index in [9.17, 15) is 9.18 Å². The van der Waals surface area contributed by atoms with Gasteiger partial charge in [0.25, 0.3) is 5.91 Å². The maximum Gasteiger partial charge on any atom is 0.256 e. The highest BCUT2D eigenvalue weighted by Gasteiger charge is 2.26. The minimum absolute atomic E-state index is 0.0760. The van der Waals surface area contributed by atoms with E-state index >= 15 is 0 Å². The molecular formula is C22H19ClFN3O2. The number of nitrogens with one attached hydrogen (secondary N) is 1. The Balaban J connectivity index is 1.68. The number of fused-ring (bicyclic) bond motifs is 1. The van der Waals surface area contributed by atoms with E-state index in [2.05, 4.69) is 10.3 Å². The Kier molecular flexibility index (Phi) is 5.11. The predicted octanol–water partition coefficient (Wildman–Crippen LogP) is 4.69. The zero-order chi connectivity index (χ0) is 20.5. The number of rotatable bonds is 3. The molecule has 1 aliphatic heterocycles. The van der Waals surface area contributed by atoms with Crippen molar-refractivity contribution in [2.45, 2.75) is 19.4 Å². The molecule has 29 heavy (non-hydrogen) atoms. The molecule has 1 atom stereocenters. The number of hydrogen-bond acceptors (Lipinski definition) is 4. The smallest absolute Gasteiger partial charge is 0.256 e. The van der Waals surface area contributed by atoms with E-state index in [0.717, 1.165) is 22.3 Å². The normalized spacial score (nSPS) is 15.3. The van der Waals surface area contributed by atoms with E-state index in [0.29, 0.717) is 24.6 Å². The third-order valence-corrected chi connectivity index (χ3v) is 5.30. The standard InChI is InChI=1S/C22H19ClFN3O2/c1-12-9-20(25)26-11-15(12)13-5-6-19-14(10-13)18(7-8-29-19)27-22(28)21-16(23)3-2-4-17(21)24/h2-6,9-11,18H,7-8H2,1H3,(H2,25,26)(H,27,28). The molecule has 0 radical (unpaired) electrons. The first kappa shape index (κ1) is 19.2. The quantitative estimate of drug-likeness (QED) is 0.655. The molecule has 1 amide bonds. The van der Waals surface area contributed by atoms with Crippen LogP contribution >= 0.6 is 11.6 Å². The van der Waals surface area contributed by atoms with Crippen molar-refractivity contribution in [3.63, 3.8) is 0 Å². The number of hydrogen-bond donors (Lipinski definition) is 2. The summed E-state index contributed by atoms with van der Waals surface area (Å²) in [5, 5.41) is 2.97. The number of benzene rings is 2. The summed E-state index contributed by atoms with van der Waals surface area (Å²) in [5.41, 5.74) is 9.29. The number of carbonyl (C=O) groups is 1. The molecule has 3 aromatic rings. The van der Waals surface area contributed by atoms with Gasteiger partial charge in [0, 0.05) is 23.7 Å². The summed E-state index contributed by atoms with van der Waals surface area (Å²) in [7, 11) is 0. The van der Waals surface area contributed by atoms with E-state index in [1.165, 1.54) is 18.2 Å². The van der Waals surface area contributed by atoms with Gasteiger partial charge in [0.2, 0.25) is 0 Å². The molecular weight excluding hydrogens is 393 g/mol. The molecule has 4 rings (SSSR count). The molecule has 2 heterocycles. The summed E-state index contributed by atoms with van der Waals surface area (Å²) < 4.78 is 19.9. The van der Waals surface area contributed by atoms with Crippen LogP contribution in [0.15, 0.2) is 48.7 Å². The first-order valence-corrected chi connectivity index (χ1v) is 9.56. The van der Waals surface area contributed by atoms with Crippen molar-refractivity contribution in [2.24, 2.45) is 0 Å². The van der Waals surface area contributed by atoms with Gasteiger partial charge in [-0.1, -0.05) is 23.7 Å². The SMILES string of the molecule is Cc1cc(N)ncc1-c1ccc2c(c1)C(NC(=O)c1c(F)cccc1Cl)CCO2. The van der Waals surface area contributed by atoms with Gasteiger partial charge in [-0.3, -0.25) is 4.79 Å². The number of nitrogens with zero attached hydrogens (tertiary/aromatic N) is 1. The largest absolute Gasteiger partial charge is 0.493 e. The number of anilines is 1. The second-order valence-corrected chi connectivity index (χ2v) is 7.34. The third-order valence-electron chi connectivity index (χ3n) is 4.99. The molecule has 0 saturated carbocycles. The van der Waals surface area contributed by atoms with Crippen LogP contribution in [0.4, 0.5) is 10.2 Å². The van der Waals surface area contributed by atoms with E-state index in [1.54, 1.807) is 6.20 Å². The van der Waals surface area contributed by atoms with Gasteiger partial charge in [-0.15, -0.1) is 0 Å². The summed E-state index contributed by atoms with van der Waals surface area (Å²) in [6, 6.07) is 11.4. The molecule has 0 fully saturated rings. The van der Waals surface area contributed by atoms with Crippen LogP contribution in [-0.4, -0.2) is 17.5 Å². The number of nitrogen functional groups attached to an aromatic ring is 1. The van der Waals surface area contributed by atoms with Crippen molar-refractivity contribution in [3.8, 4) is 16.9 Å². The van der Waals surface area contributed by atoms with Crippen LogP contribution in [0.5, 0.6) is 5.75 Å². The lowest BCUT2D eigenvalue weighted by Gasteiger charge is -2.27. The second kappa shape index (κ2) is 7.72. The third kappa shape index (κ3) is 3.76. The molecule has 7 heteroatoms. The van der Waals surface area contributed by atoms with E-state index in [4.69, 9.17) is 22.1 Å². The molecule has 3 N–H and O–H groups in total. The summed E-state index contributed by atoms with van der Waals surface area (Å²) >= 11 is 6.04. The van der Waals surface area contributed by atoms with Crippen molar-refractivity contribution in [1.29, 1.82) is 0 Å². The maximum atomic E-state index is 14.1. The fourth-order valence-corrected chi connectivity index (χ4v) is 3.79. The Morgan fingerprint density at radius 2 is 2.14 bits per heavy atom. The molecule has 0 saturated heterocycles. The van der Waals surface area contributed by atoms with Crippen molar-refractivity contribution in [3.05, 3.63) is 76.2 Å². The number of aromatic nitrogens is 1. The Hall–Kier alpha value is -3.12. The Morgan fingerprint density at radius 1 is 1.31 bits per heavy atom. The van der Waals surface area contributed by atoms with Crippen LogP contribution in [0.2, 0.25) is 5.02 Å². The maximum absolute atomic E-state index is 14.1. The van der Waals surface area contributed by atoms with Gasteiger partial charge in [-0.05, 0) is 48.4 Å². The Bertz CT molecular complexity index is 1080. The van der Waals surface area contributed by atoms with Gasteiger partial charge in [0.05, 0.1) is 23.2 Å². The van der Waals surface area contributed by atoms with Gasteiger partial charge in [-0.2, -0.15) is 0 Å². The minimum atomic E-state index is -0.653. The van der Waals surface area contributed by atoms with Crippen molar-refractivity contribution >= 4 is 23.3 Å². The highest BCUT2D eigenvalue weighted by Crippen LogP contribution is 2.36. The number of nitrogens with two attached hydrogens (primary N) is 1. The van der Waals surface area contributed by atoms with Crippen molar-refractivity contribution in [1.82, 2.24) is 10.3 Å². The molecule has 0 spiro atoms. The van der Waals surface area contributed by atoms with Gasteiger partial charge < -0.3 is 15.8 Å². The van der Waals surface area contributed by atoms with Gasteiger partial charge in [0.15, 0.2) is 0 Å². The zero-order valence-electron chi connectivity index (χ0n) is 15.7. The first-order valence-electron chi connectivity index (χ1n) is 9.18. The van der Waals surface area contributed by atoms with Crippen LogP contribution in [0.3, 0.4) is 0 Å². The van der Waals surface area contributed by atoms with Crippen molar-refractivity contribution < 1.29 is 13.9 Å². The molecule has 1 aliphatic rings. The fraction of sp³-hybridized carbons (Fsp3) is 0.182. The van der Waals surface area contributed by atoms with Crippen LogP contribution in [0.25, 0.3) is 11.1 Å². The number of halogens is 2. The number of amides is 1. The highest BCUT2D eigenvalue weighted by molar-refractivity contribution is 6.33. The summed E-state index contributed by atoms with van der Waals surface area (Å²) in [6.45, 7) is 2.41. The van der Waals surface area contributed by atoms with E-state index in [-0.39, 0.29) is 16.6 Å². The summed E-state index contributed by atoms with van der Waals surface area (Å²) in [5.74, 6) is -0.0632. The lowest BCUT2D eigenvalue weighted by Crippen LogP contribution is -2.32. The topological polar surface area (TPSA) is 77.2 Å². The molecule has 5 nitrogen and oxygen atoms in total. The van der Waals surface area contributed by atoms with Gasteiger partial charge in [-0.25, -0.2) is 9.37 Å². The number of aryl methyl sites for hydroxylation is 1. The van der Waals surface area contributed by atoms with Gasteiger partial charge >= 0.3 is 0 Å². The molecule has 0 aliphatic carbocycles. The van der Waals surface area contributed by atoms with Crippen LogP contribution in [0.1, 0.15) is 33.9 Å². The lowest BCUT2D eigenvalue weighted by molar-refractivity contribution is 0.0921. The highest BCUT2D eigenvalue weighted by atomic mass is 35.5. The predicted molar refractivity (Wildman–Crippen MR) is 111 cm³/mol. The van der Waals surface area contributed by atoms with Crippen LogP contribution in [0, 0.1) is 12.7 Å². The number of pyridine rings is 1. The van der Waals surface area contributed by atoms with Crippen LogP contribution in [-0.2, 0) is 0 Å². The number of ether oxygens (including phenoxy) is 1. The monoisotopic (exact) mass is 411 g/mol. The van der Waals surface area contributed by atoms with E-state index < -0.39 is 11.7 Å². The van der Waals surface area contributed by atoms with Gasteiger partial charge in [0.1, 0.15) is 17.4 Å². The minimum Gasteiger partial charge on any atom is -0.493 e. The Morgan fingerprint density at radius 3 is 2.90 bits per heavy atom. The molecule has 0 bridgehead atoms. The van der Waals surface area contributed by atoms with E-state index in [1.807, 2.05) is 31.2 Å². The molecule has 2 aromatic carbocycles. The molecule has 1 unspecified atom stereocenters. The lowest BCUT2D eigenvalue weighted by atomic mass is 9.94. The first-order chi connectivity index (χ1) is 13.9. The zero-order valence-corrected chi connectivity index (χ0v) is 16.5.